The van der Waals surface area contributed by atoms with Gasteiger partial charge >= 0.3 is 0 Å². The van der Waals surface area contributed by atoms with Crippen molar-refractivity contribution in [3.8, 4) is 0 Å². The molecule has 0 bridgehead atoms. The quantitative estimate of drug-likeness (QED) is 0.768. The van der Waals surface area contributed by atoms with Crippen molar-refractivity contribution in [2.45, 2.75) is 13.8 Å². The maximum Gasteiger partial charge on any atom is 0.221 e. The van der Waals surface area contributed by atoms with Gasteiger partial charge < -0.3 is 5.32 Å². The number of carbonyl (C=O) groups excluding carboxylic acids is 1. The van der Waals surface area contributed by atoms with E-state index in [9.17, 15) is 4.79 Å². The van der Waals surface area contributed by atoms with Crippen LogP contribution in [0.15, 0.2) is 30.5 Å². The highest BCUT2D eigenvalue weighted by atomic mass is 16.1. The fraction of sp³-hybridized carbons (Fsp3) is 0.167. The van der Waals surface area contributed by atoms with Gasteiger partial charge in [0.1, 0.15) is 0 Å². The van der Waals surface area contributed by atoms with E-state index < -0.39 is 0 Å². The zero-order valence-electron chi connectivity index (χ0n) is 8.74. The molecular formula is C12H12N2O. The van der Waals surface area contributed by atoms with E-state index in [-0.39, 0.29) is 5.91 Å². The Hall–Kier alpha value is -1.90. The highest BCUT2D eigenvalue weighted by molar-refractivity contribution is 5.92. The van der Waals surface area contributed by atoms with Crippen LogP contribution >= 0.6 is 0 Å². The Bertz CT molecular complexity index is 520. The van der Waals surface area contributed by atoms with Gasteiger partial charge in [0.2, 0.25) is 5.91 Å². The molecule has 1 N–H and O–H groups in total. The first-order valence-corrected chi connectivity index (χ1v) is 4.79. The van der Waals surface area contributed by atoms with Crippen LogP contribution in [-0.2, 0) is 4.79 Å². The van der Waals surface area contributed by atoms with Crippen molar-refractivity contribution in [3.05, 3.63) is 36.0 Å². The standard InChI is InChI=1S/C12H12N2O/c1-8-5-10-3-4-11(14-9(2)15)6-12(10)13-7-8/h3-7H,1-2H3,(H,14,15). The van der Waals surface area contributed by atoms with Crippen molar-refractivity contribution >= 4 is 22.5 Å². The minimum Gasteiger partial charge on any atom is -0.326 e. The second-order valence-electron chi connectivity index (χ2n) is 3.60. The van der Waals surface area contributed by atoms with Crippen LogP contribution in [0.5, 0.6) is 0 Å². The molecule has 1 aromatic carbocycles. The van der Waals surface area contributed by atoms with Crippen molar-refractivity contribution in [1.29, 1.82) is 0 Å². The van der Waals surface area contributed by atoms with Gasteiger partial charge in [-0.05, 0) is 30.7 Å². The minimum absolute atomic E-state index is 0.0681. The third-order valence-corrected chi connectivity index (χ3v) is 2.14. The molecule has 0 aliphatic heterocycles. The van der Waals surface area contributed by atoms with E-state index >= 15 is 0 Å². The number of benzene rings is 1. The summed E-state index contributed by atoms with van der Waals surface area (Å²) in [4.78, 5) is 15.2. The molecule has 0 atom stereocenters. The predicted molar refractivity (Wildman–Crippen MR) is 60.8 cm³/mol. The van der Waals surface area contributed by atoms with Crippen LogP contribution in [0, 0.1) is 6.92 Å². The molecule has 1 heterocycles. The summed E-state index contributed by atoms with van der Waals surface area (Å²) >= 11 is 0. The van der Waals surface area contributed by atoms with E-state index in [4.69, 9.17) is 0 Å². The topological polar surface area (TPSA) is 42.0 Å². The number of nitrogens with one attached hydrogen (secondary N) is 1. The van der Waals surface area contributed by atoms with Crippen molar-refractivity contribution < 1.29 is 4.79 Å². The molecule has 0 saturated heterocycles. The molecule has 76 valence electrons. The van der Waals surface area contributed by atoms with E-state index in [1.807, 2.05) is 31.3 Å². The summed E-state index contributed by atoms with van der Waals surface area (Å²) in [5.41, 5.74) is 2.81. The maximum absolute atomic E-state index is 10.9. The average Bonchev–Trinajstić information content (AvgIpc) is 2.17. The van der Waals surface area contributed by atoms with Crippen LogP contribution in [0.2, 0.25) is 0 Å². The lowest BCUT2D eigenvalue weighted by Gasteiger charge is -2.03. The molecule has 3 heteroatoms. The summed E-state index contributed by atoms with van der Waals surface area (Å²) in [5, 5.41) is 3.82. The van der Waals surface area contributed by atoms with E-state index in [2.05, 4.69) is 16.4 Å². The van der Waals surface area contributed by atoms with Gasteiger partial charge in [-0.15, -0.1) is 0 Å². The number of rotatable bonds is 1. The largest absolute Gasteiger partial charge is 0.326 e. The fourth-order valence-corrected chi connectivity index (χ4v) is 1.51. The summed E-state index contributed by atoms with van der Waals surface area (Å²) in [7, 11) is 0. The number of hydrogen-bond acceptors (Lipinski definition) is 2. The Balaban J connectivity index is 2.47. The van der Waals surface area contributed by atoms with Crippen molar-refractivity contribution in [1.82, 2.24) is 4.98 Å². The van der Waals surface area contributed by atoms with Crippen LogP contribution < -0.4 is 5.32 Å². The van der Waals surface area contributed by atoms with E-state index in [0.717, 1.165) is 22.2 Å². The number of carbonyl (C=O) groups is 1. The number of aryl methyl sites for hydroxylation is 1. The number of anilines is 1. The first kappa shape index (κ1) is 9.65. The third-order valence-electron chi connectivity index (χ3n) is 2.14. The first-order valence-electron chi connectivity index (χ1n) is 4.79. The number of fused-ring (bicyclic) bond motifs is 1. The van der Waals surface area contributed by atoms with Crippen LogP contribution in [0.1, 0.15) is 12.5 Å². The summed E-state index contributed by atoms with van der Waals surface area (Å²) < 4.78 is 0. The minimum atomic E-state index is -0.0681. The zero-order chi connectivity index (χ0) is 10.8. The number of hydrogen-bond donors (Lipinski definition) is 1. The number of aromatic nitrogens is 1. The molecule has 0 spiro atoms. The molecule has 1 aromatic heterocycles. The van der Waals surface area contributed by atoms with Gasteiger partial charge in [0.15, 0.2) is 0 Å². The van der Waals surface area contributed by atoms with E-state index in [1.54, 1.807) is 0 Å². The second-order valence-corrected chi connectivity index (χ2v) is 3.60. The van der Waals surface area contributed by atoms with Gasteiger partial charge in [0.25, 0.3) is 0 Å². The van der Waals surface area contributed by atoms with Gasteiger partial charge in [0, 0.05) is 24.2 Å². The van der Waals surface area contributed by atoms with Gasteiger partial charge in [-0.25, -0.2) is 0 Å². The Morgan fingerprint density at radius 2 is 2.13 bits per heavy atom. The van der Waals surface area contributed by atoms with E-state index in [1.165, 1.54) is 6.92 Å². The lowest BCUT2D eigenvalue weighted by atomic mass is 10.1. The summed E-state index contributed by atoms with van der Waals surface area (Å²) in [6.07, 6.45) is 1.82. The van der Waals surface area contributed by atoms with Crippen LogP contribution in [0.3, 0.4) is 0 Å². The molecule has 0 radical (unpaired) electrons. The molecule has 0 saturated carbocycles. The van der Waals surface area contributed by atoms with E-state index in [0.29, 0.717) is 0 Å². The van der Waals surface area contributed by atoms with Gasteiger partial charge in [-0.1, -0.05) is 6.07 Å². The molecule has 0 unspecified atom stereocenters. The smallest absolute Gasteiger partial charge is 0.221 e. The Morgan fingerprint density at radius 1 is 1.33 bits per heavy atom. The highest BCUT2D eigenvalue weighted by Gasteiger charge is 1.99. The monoisotopic (exact) mass is 200 g/mol. The van der Waals surface area contributed by atoms with Crippen molar-refractivity contribution in [3.63, 3.8) is 0 Å². The highest BCUT2D eigenvalue weighted by Crippen LogP contribution is 2.17. The number of amides is 1. The average molecular weight is 200 g/mol. The van der Waals surface area contributed by atoms with Gasteiger partial charge in [-0.2, -0.15) is 0 Å². The molecule has 0 fully saturated rings. The Morgan fingerprint density at radius 3 is 2.87 bits per heavy atom. The lowest BCUT2D eigenvalue weighted by molar-refractivity contribution is -0.114. The SMILES string of the molecule is CC(=O)Nc1ccc2cc(C)cnc2c1. The predicted octanol–water partition coefficient (Wildman–Crippen LogP) is 2.50. The molecule has 15 heavy (non-hydrogen) atoms. The molecular weight excluding hydrogens is 188 g/mol. The van der Waals surface area contributed by atoms with Crippen LogP contribution in [0.25, 0.3) is 10.9 Å². The molecule has 2 rings (SSSR count). The van der Waals surface area contributed by atoms with Crippen LogP contribution in [-0.4, -0.2) is 10.9 Å². The Labute approximate surface area is 88.1 Å². The molecule has 0 aliphatic rings. The summed E-state index contributed by atoms with van der Waals surface area (Å²) in [5.74, 6) is -0.0681. The number of pyridine rings is 1. The summed E-state index contributed by atoms with van der Waals surface area (Å²) in [6, 6.07) is 7.78. The van der Waals surface area contributed by atoms with Crippen molar-refractivity contribution in [2.75, 3.05) is 5.32 Å². The maximum atomic E-state index is 10.9. The normalized spacial score (nSPS) is 10.3. The second kappa shape index (κ2) is 3.69. The van der Waals surface area contributed by atoms with Gasteiger partial charge in [-0.3, -0.25) is 9.78 Å². The molecule has 3 nitrogen and oxygen atoms in total. The molecule has 0 aliphatic carbocycles. The van der Waals surface area contributed by atoms with Crippen molar-refractivity contribution in [2.24, 2.45) is 0 Å². The first-order chi connectivity index (χ1) is 7.15. The molecule has 1 amide bonds. The third kappa shape index (κ3) is 2.13. The van der Waals surface area contributed by atoms with Gasteiger partial charge in [0.05, 0.1) is 5.52 Å². The fourth-order valence-electron chi connectivity index (χ4n) is 1.51. The Kier molecular flexibility index (Phi) is 2.37. The summed E-state index contributed by atoms with van der Waals surface area (Å²) in [6.45, 7) is 3.50. The van der Waals surface area contributed by atoms with Crippen LogP contribution in [0.4, 0.5) is 5.69 Å². The molecule has 2 aromatic rings. The zero-order valence-corrected chi connectivity index (χ0v) is 8.74. The number of nitrogens with zero attached hydrogens (tertiary/aromatic N) is 1. The lowest BCUT2D eigenvalue weighted by Crippen LogP contribution is -2.05.